The molecular weight excluding hydrogens is 285 g/mol. The number of halogens is 1. The Morgan fingerprint density at radius 1 is 1.45 bits per heavy atom. The minimum atomic E-state index is -0.332. The van der Waals surface area contributed by atoms with Crippen LogP contribution in [0.4, 0.5) is 10.1 Å². The summed E-state index contributed by atoms with van der Waals surface area (Å²) in [5, 5.41) is 14.1. The summed E-state index contributed by atoms with van der Waals surface area (Å²) in [5.74, 6) is -0.511. The minimum Gasteiger partial charge on any atom is -0.510 e. The number of aliphatic hydroxyl groups is 1. The van der Waals surface area contributed by atoms with Crippen LogP contribution in [0.2, 0.25) is 0 Å². The standard InChI is InChI=1S/C16H20FN3O2/c1-4-10(2)20-9-14(21)15(16(20)22)11(3)18-19-13-7-5-12(17)6-8-13/h5-8,10,19,21H,4,9H2,1-3H3. The van der Waals surface area contributed by atoms with Gasteiger partial charge in [-0.1, -0.05) is 6.92 Å². The van der Waals surface area contributed by atoms with Crippen molar-refractivity contribution in [2.75, 3.05) is 12.0 Å². The number of hydrazone groups is 1. The third-order valence-electron chi connectivity index (χ3n) is 3.77. The molecule has 0 saturated heterocycles. The largest absolute Gasteiger partial charge is 0.510 e. The second-order valence-corrected chi connectivity index (χ2v) is 5.33. The van der Waals surface area contributed by atoms with E-state index in [4.69, 9.17) is 0 Å². The number of benzene rings is 1. The van der Waals surface area contributed by atoms with Crippen LogP contribution in [0.3, 0.4) is 0 Å². The Labute approximate surface area is 129 Å². The predicted molar refractivity (Wildman–Crippen MR) is 84.3 cm³/mol. The molecule has 0 spiro atoms. The molecule has 22 heavy (non-hydrogen) atoms. The molecule has 2 N–H and O–H groups in total. The van der Waals surface area contributed by atoms with E-state index in [9.17, 15) is 14.3 Å². The number of rotatable bonds is 5. The van der Waals surface area contributed by atoms with Crippen LogP contribution in [0.1, 0.15) is 27.2 Å². The van der Waals surface area contributed by atoms with Crippen molar-refractivity contribution in [1.29, 1.82) is 0 Å². The first kappa shape index (κ1) is 16.0. The Morgan fingerprint density at radius 2 is 2.09 bits per heavy atom. The maximum atomic E-state index is 12.8. The number of nitrogens with zero attached hydrogens (tertiary/aromatic N) is 2. The molecule has 0 aromatic heterocycles. The Balaban J connectivity index is 2.13. The van der Waals surface area contributed by atoms with E-state index >= 15 is 0 Å². The zero-order valence-corrected chi connectivity index (χ0v) is 12.9. The molecule has 5 nitrogen and oxygen atoms in total. The van der Waals surface area contributed by atoms with Gasteiger partial charge in [-0.2, -0.15) is 5.10 Å². The second kappa shape index (κ2) is 6.60. The number of amides is 1. The molecule has 6 heteroatoms. The van der Waals surface area contributed by atoms with Gasteiger partial charge in [0.25, 0.3) is 5.91 Å². The third-order valence-corrected chi connectivity index (χ3v) is 3.77. The quantitative estimate of drug-likeness (QED) is 0.649. The zero-order valence-electron chi connectivity index (χ0n) is 12.9. The van der Waals surface area contributed by atoms with Crippen molar-refractivity contribution in [3.63, 3.8) is 0 Å². The average Bonchev–Trinajstić information content (AvgIpc) is 2.80. The van der Waals surface area contributed by atoms with Crippen molar-refractivity contribution < 1.29 is 14.3 Å². The molecule has 2 rings (SSSR count). The highest BCUT2D eigenvalue weighted by molar-refractivity contribution is 6.22. The maximum Gasteiger partial charge on any atom is 0.259 e. The molecule has 0 aliphatic carbocycles. The van der Waals surface area contributed by atoms with Crippen LogP contribution in [-0.4, -0.2) is 34.2 Å². The fourth-order valence-corrected chi connectivity index (χ4v) is 2.25. The molecule has 1 heterocycles. The number of hydrogen-bond acceptors (Lipinski definition) is 4. The first-order valence-electron chi connectivity index (χ1n) is 7.23. The van der Waals surface area contributed by atoms with Gasteiger partial charge in [0.1, 0.15) is 17.1 Å². The number of aliphatic hydroxyl groups excluding tert-OH is 1. The molecule has 118 valence electrons. The Morgan fingerprint density at radius 3 is 2.68 bits per heavy atom. The lowest BCUT2D eigenvalue weighted by molar-refractivity contribution is -0.126. The molecule has 0 radical (unpaired) electrons. The number of hydrogen-bond donors (Lipinski definition) is 2. The fourth-order valence-electron chi connectivity index (χ4n) is 2.25. The lowest BCUT2D eigenvalue weighted by atomic mass is 10.1. The average molecular weight is 305 g/mol. The van der Waals surface area contributed by atoms with Gasteiger partial charge in [-0.25, -0.2) is 4.39 Å². The van der Waals surface area contributed by atoms with Gasteiger partial charge in [0.15, 0.2) is 0 Å². The van der Waals surface area contributed by atoms with Gasteiger partial charge < -0.3 is 10.0 Å². The lowest BCUT2D eigenvalue weighted by Gasteiger charge is -2.23. The third kappa shape index (κ3) is 3.27. The molecule has 1 aliphatic heterocycles. The summed E-state index contributed by atoms with van der Waals surface area (Å²) in [6.45, 7) is 5.80. The monoisotopic (exact) mass is 305 g/mol. The highest BCUT2D eigenvalue weighted by atomic mass is 19.1. The van der Waals surface area contributed by atoms with E-state index in [0.717, 1.165) is 6.42 Å². The fraction of sp³-hybridized carbons (Fsp3) is 0.375. The highest BCUT2D eigenvalue weighted by Crippen LogP contribution is 2.22. The van der Waals surface area contributed by atoms with Crippen LogP contribution >= 0.6 is 0 Å². The van der Waals surface area contributed by atoms with E-state index in [-0.39, 0.29) is 35.6 Å². The Bertz CT molecular complexity index is 623. The van der Waals surface area contributed by atoms with Gasteiger partial charge in [-0.05, 0) is 44.5 Å². The van der Waals surface area contributed by atoms with E-state index in [1.807, 2.05) is 13.8 Å². The Kier molecular flexibility index (Phi) is 4.80. The minimum absolute atomic E-state index is 0.0347. The summed E-state index contributed by atoms with van der Waals surface area (Å²) in [4.78, 5) is 14.0. The van der Waals surface area contributed by atoms with E-state index in [0.29, 0.717) is 11.4 Å². The lowest BCUT2D eigenvalue weighted by Crippen LogP contribution is -2.36. The first-order valence-corrected chi connectivity index (χ1v) is 7.23. The van der Waals surface area contributed by atoms with Gasteiger partial charge in [0.05, 0.1) is 17.9 Å². The van der Waals surface area contributed by atoms with Crippen molar-refractivity contribution >= 4 is 17.3 Å². The molecule has 0 fully saturated rings. The van der Waals surface area contributed by atoms with Crippen LogP contribution in [0.15, 0.2) is 40.7 Å². The topological polar surface area (TPSA) is 64.9 Å². The van der Waals surface area contributed by atoms with Gasteiger partial charge >= 0.3 is 0 Å². The van der Waals surface area contributed by atoms with Crippen LogP contribution < -0.4 is 5.43 Å². The molecule has 0 saturated carbocycles. The van der Waals surface area contributed by atoms with Crippen LogP contribution in [-0.2, 0) is 4.79 Å². The van der Waals surface area contributed by atoms with Crippen LogP contribution in [0.25, 0.3) is 0 Å². The number of carbonyl (C=O) groups is 1. The normalized spacial score (nSPS) is 17.2. The summed E-state index contributed by atoms with van der Waals surface area (Å²) in [5.41, 5.74) is 3.99. The SMILES string of the molecule is CCC(C)N1CC(O)=C(C(C)=NNc2ccc(F)cc2)C1=O. The second-order valence-electron chi connectivity index (χ2n) is 5.33. The molecule has 1 aliphatic rings. The van der Waals surface area contributed by atoms with Gasteiger partial charge in [0, 0.05) is 6.04 Å². The van der Waals surface area contributed by atoms with Gasteiger partial charge in [-0.3, -0.25) is 10.2 Å². The molecule has 1 amide bonds. The van der Waals surface area contributed by atoms with Crippen molar-refractivity contribution in [3.05, 3.63) is 41.4 Å². The van der Waals surface area contributed by atoms with Crippen molar-refractivity contribution in [2.24, 2.45) is 5.10 Å². The number of carbonyl (C=O) groups excluding carboxylic acids is 1. The molecule has 1 unspecified atom stereocenters. The van der Waals surface area contributed by atoms with Crippen molar-refractivity contribution in [3.8, 4) is 0 Å². The molecule has 0 bridgehead atoms. The zero-order chi connectivity index (χ0) is 16.3. The van der Waals surface area contributed by atoms with Crippen molar-refractivity contribution in [1.82, 2.24) is 4.90 Å². The van der Waals surface area contributed by atoms with Crippen LogP contribution in [0.5, 0.6) is 0 Å². The number of anilines is 1. The molecule has 1 aromatic carbocycles. The smallest absolute Gasteiger partial charge is 0.259 e. The number of nitrogens with one attached hydrogen (secondary N) is 1. The summed E-state index contributed by atoms with van der Waals surface area (Å²) < 4.78 is 12.8. The van der Waals surface area contributed by atoms with Gasteiger partial charge in [0.2, 0.25) is 0 Å². The first-order chi connectivity index (χ1) is 10.4. The summed E-state index contributed by atoms with van der Waals surface area (Å²) in [6, 6.07) is 5.78. The summed E-state index contributed by atoms with van der Waals surface area (Å²) in [6.07, 6.45) is 0.816. The van der Waals surface area contributed by atoms with Crippen molar-refractivity contribution in [2.45, 2.75) is 33.2 Å². The van der Waals surface area contributed by atoms with E-state index in [1.54, 1.807) is 24.0 Å². The molecule has 1 aromatic rings. The highest BCUT2D eigenvalue weighted by Gasteiger charge is 2.34. The van der Waals surface area contributed by atoms with Gasteiger partial charge in [-0.15, -0.1) is 0 Å². The predicted octanol–water partition coefficient (Wildman–Crippen LogP) is 3.07. The maximum absolute atomic E-state index is 12.8. The Hall–Kier alpha value is -2.37. The van der Waals surface area contributed by atoms with Crippen LogP contribution in [0, 0.1) is 5.82 Å². The van der Waals surface area contributed by atoms with E-state index in [1.165, 1.54) is 12.1 Å². The summed E-state index contributed by atoms with van der Waals surface area (Å²) >= 11 is 0. The molecule has 1 atom stereocenters. The summed E-state index contributed by atoms with van der Waals surface area (Å²) in [7, 11) is 0. The van der Waals surface area contributed by atoms with E-state index < -0.39 is 0 Å². The van der Waals surface area contributed by atoms with E-state index in [2.05, 4.69) is 10.5 Å². The molecular formula is C16H20FN3O2.